The van der Waals surface area contributed by atoms with E-state index in [4.69, 9.17) is 10.00 Å². The topological polar surface area (TPSA) is 112 Å². The van der Waals surface area contributed by atoms with Gasteiger partial charge in [-0.25, -0.2) is 9.59 Å². The fraction of sp³-hybridized carbons (Fsp3) is 0.368. The minimum Gasteiger partial charge on any atom is -0.451 e. The first kappa shape index (κ1) is 21.7. The van der Waals surface area contributed by atoms with Crippen LogP contribution < -0.4 is 15.5 Å². The number of nitrogens with zero attached hydrogens (tertiary/aromatic N) is 2. The van der Waals surface area contributed by atoms with Crippen molar-refractivity contribution < 1.29 is 19.1 Å². The molecular formula is C19H24N4O4. The Kier molecular flexibility index (Phi) is 8.53. The zero-order valence-electron chi connectivity index (χ0n) is 15.9. The maximum Gasteiger partial charge on any atom is 0.349 e. The number of urea groups is 1. The predicted octanol–water partition coefficient (Wildman–Crippen LogP) is 1.83. The lowest BCUT2D eigenvalue weighted by Gasteiger charge is -2.12. The van der Waals surface area contributed by atoms with Crippen LogP contribution in [0.2, 0.25) is 0 Å². The number of rotatable bonds is 7. The molecule has 0 spiro atoms. The zero-order chi connectivity index (χ0) is 20.4. The summed E-state index contributed by atoms with van der Waals surface area (Å²) < 4.78 is 4.79. The summed E-state index contributed by atoms with van der Waals surface area (Å²) in [5, 5.41) is 13.7. The molecule has 0 bridgehead atoms. The molecule has 144 valence electrons. The van der Waals surface area contributed by atoms with Crippen LogP contribution >= 0.6 is 0 Å². The van der Waals surface area contributed by atoms with Crippen LogP contribution in [0.25, 0.3) is 6.08 Å². The number of amides is 3. The third-order valence-corrected chi connectivity index (χ3v) is 3.64. The number of hydrogen-bond acceptors (Lipinski definition) is 6. The molecule has 0 radical (unpaired) electrons. The van der Waals surface area contributed by atoms with Crippen molar-refractivity contribution >= 4 is 29.7 Å². The number of esters is 1. The highest BCUT2D eigenvalue weighted by Crippen LogP contribution is 2.15. The molecule has 8 nitrogen and oxygen atoms in total. The molecule has 0 aliphatic heterocycles. The van der Waals surface area contributed by atoms with Crippen molar-refractivity contribution in [2.24, 2.45) is 0 Å². The molecule has 1 atom stereocenters. The Labute approximate surface area is 158 Å². The van der Waals surface area contributed by atoms with Crippen molar-refractivity contribution in [3.8, 4) is 6.07 Å². The molecule has 0 unspecified atom stereocenters. The standard InChI is InChI=1S/C19H24N4O4/c1-5-13(2)21-19(26)22-17(24)12-27-18(25)15(11-20)10-14-6-8-16(9-7-14)23(3)4/h6-10,13H,5,12H2,1-4H3,(H2,21,22,24,26)/b15-10+/t13-/m1/s1. The molecule has 27 heavy (non-hydrogen) atoms. The van der Waals surface area contributed by atoms with Crippen molar-refractivity contribution in [2.45, 2.75) is 26.3 Å². The summed E-state index contributed by atoms with van der Waals surface area (Å²) >= 11 is 0. The second-order valence-corrected chi connectivity index (χ2v) is 6.06. The number of carbonyl (C=O) groups is 3. The lowest BCUT2D eigenvalue weighted by molar-refractivity contribution is -0.144. The molecule has 0 aliphatic carbocycles. The highest BCUT2D eigenvalue weighted by atomic mass is 16.5. The summed E-state index contributed by atoms with van der Waals surface area (Å²) in [6, 6.07) is 8.19. The first-order valence-electron chi connectivity index (χ1n) is 8.43. The molecule has 1 rings (SSSR count). The Balaban J connectivity index is 2.62. The van der Waals surface area contributed by atoms with Crippen molar-refractivity contribution in [3.63, 3.8) is 0 Å². The van der Waals surface area contributed by atoms with E-state index in [1.165, 1.54) is 6.08 Å². The lowest BCUT2D eigenvalue weighted by atomic mass is 10.1. The van der Waals surface area contributed by atoms with Gasteiger partial charge in [0.15, 0.2) is 6.61 Å². The molecule has 2 N–H and O–H groups in total. The van der Waals surface area contributed by atoms with E-state index < -0.39 is 24.5 Å². The van der Waals surface area contributed by atoms with Gasteiger partial charge in [-0.05, 0) is 37.1 Å². The van der Waals surface area contributed by atoms with Gasteiger partial charge in [0.2, 0.25) is 0 Å². The molecule has 0 heterocycles. The van der Waals surface area contributed by atoms with Gasteiger partial charge >= 0.3 is 12.0 Å². The van der Waals surface area contributed by atoms with Crippen LogP contribution in [-0.2, 0) is 14.3 Å². The van der Waals surface area contributed by atoms with E-state index in [1.807, 2.05) is 38.1 Å². The summed E-state index contributed by atoms with van der Waals surface area (Å²) in [6.07, 6.45) is 2.08. The van der Waals surface area contributed by atoms with Crippen LogP contribution in [0.1, 0.15) is 25.8 Å². The van der Waals surface area contributed by atoms with Crippen molar-refractivity contribution in [1.29, 1.82) is 5.26 Å². The van der Waals surface area contributed by atoms with E-state index in [2.05, 4.69) is 10.6 Å². The van der Waals surface area contributed by atoms with Crippen LogP contribution in [0.4, 0.5) is 10.5 Å². The van der Waals surface area contributed by atoms with E-state index in [0.29, 0.717) is 12.0 Å². The van der Waals surface area contributed by atoms with Crippen LogP contribution in [0.5, 0.6) is 0 Å². The molecule has 3 amide bonds. The third kappa shape index (κ3) is 7.61. The molecule has 1 aromatic carbocycles. The largest absolute Gasteiger partial charge is 0.451 e. The van der Waals surface area contributed by atoms with Crippen LogP contribution in [0, 0.1) is 11.3 Å². The fourth-order valence-corrected chi connectivity index (χ4v) is 1.91. The molecule has 0 fully saturated rings. The molecule has 8 heteroatoms. The van der Waals surface area contributed by atoms with Gasteiger partial charge in [-0.15, -0.1) is 0 Å². The second-order valence-electron chi connectivity index (χ2n) is 6.06. The van der Waals surface area contributed by atoms with Gasteiger partial charge in [0.25, 0.3) is 5.91 Å². The smallest absolute Gasteiger partial charge is 0.349 e. The monoisotopic (exact) mass is 372 g/mol. The molecule has 1 aromatic rings. The number of hydrogen-bond donors (Lipinski definition) is 2. The number of nitrogens with one attached hydrogen (secondary N) is 2. The van der Waals surface area contributed by atoms with Gasteiger partial charge in [0.1, 0.15) is 11.6 Å². The first-order chi connectivity index (χ1) is 12.8. The van der Waals surface area contributed by atoms with E-state index in [1.54, 1.807) is 25.1 Å². The number of anilines is 1. The lowest BCUT2D eigenvalue weighted by Crippen LogP contribution is -2.44. The zero-order valence-corrected chi connectivity index (χ0v) is 15.9. The summed E-state index contributed by atoms with van der Waals surface area (Å²) in [6.45, 7) is 3.02. The van der Waals surface area contributed by atoms with Gasteiger partial charge in [-0.3, -0.25) is 10.1 Å². The van der Waals surface area contributed by atoms with Gasteiger partial charge in [-0.1, -0.05) is 19.1 Å². The number of imide groups is 1. The Morgan fingerprint density at radius 2 is 1.89 bits per heavy atom. The number of ether oxygens (including phenoxy) is 1. The molecule has 0 aliphatic rings. The first-order valence-corrected chi connectivity index (χ1v) is 8.43. The Morgan fingerprint density at radius 1 is 1.26 bits per heavy atom. The van der Waals surface area contributed by atoms with E-state index >= 15 is 0 Å². The van der Waals surface area contributed by atoms with E-state index in [-0.39, 0.29) is 11.6 Å². The van der Waals surface area contributed by atoms with Crippen molar-refractivity contribution in [2.75, 3.05) is 25.6 Å². The average Bonchev–Trinajstić information content (AvgIpc) is 2.64. The fourth-order valence-electron chi connectivity index (χ4n) is 1.91. The maximum absolute atomic E-state index is 12.0. The summed E-state index contributed by atoms with van der Waals surface area (Å²) in [5.41, 5.74) is 1.37. The molecule has 0 aromatic heterocycles. The summed E-state index contributed by atoms with van der Waals surface area (Å²) in [7, 11) is 3.80. The average molecular weight is 372 g/mol. The second kappa shape index (κ2) is 10.6. The van der Waals surface area contributed by atoms with E-state index in [0.717, 1.165) is 5.69 Å². The highest BCUT2D eigenvalue weighted by Gasteiger charge is 2.15. The Morgan fingerprint density at radius 3 is 2.41 bits per heavy atom. The summed E-state index contributed by atoms with van der Waals surface area (Å²) in [5.74, 6) is -1.72. The number of benzene rings is 1. The molecule has 0 saturated carbocycles. The maximum atomic E-state index is 12.0. The number of carbonyl (C=O) groups excluding carboxylic acids is 3. The molecular weight excluding hydrogens is 348 g/mol. The quantitative estimate of drug-likeness (QED) is 0.429. The van der Waals surface area contributed by atoms with Gasteiger partial charge in [0, 0.05) is 25.8 Å². The van der Waals surface area contributed by atoms with Crippen LogP contribution in [0.15, 0.2) is 29.8 Å². The normalized spacial score (nSPS) is 11.7. The molecule has 0 saturated heterocycles. The number of nitriles is 1. The van der Waals surface area contributed by atoms with Crippen molar-refractivity contribution in [3.05, 3.63) is 35.4 Å². The minimum atomic E-state index is -0.938. The van der Waals surface area contributed by atoms with Crippen LogP contribution in [0.3, 0.4) is 0 Å². The minimum absolute atomic E-state index is 0.0904. The van der Waals surface area contributed by atoms with Gasteiger partial charge < -0.3 is 15.0 Å². The Hall–Kier alpha value is -3.34. The van der Waals surface area contributed by atoms with Gasteiger partial charge in [-0.2, -0.15) is 5.26 Å². The predicted molar refractivity (Wildman–Crippen MR) is 102 cm³/mol. The summed E-state index contributed by atoms with van der Waals surface area (Å²) in [4.78, 5) is 37.1. The van der Waals surface area contributed by atoms with E-state index in [9.17, 15) is 14.4 Å². The third-order valence-electron chi connectivity index (χ3n) is 3.64. The van der Waals surface area contributed by atoms with Crippen molar-refractivity contribution in [1.82, 2.24) is 10.6 Å². The highest BCUT2D eigenvalue weighted by molar-refractivity contribution is 6.00. The van der Waals surface area contributed by atoms with Crippen LogP contribution in [-0.4, -0.2) is 44.7 Å². The SMILES string of the molecule is CC[C@@H](C)NC(=O)NC(=O)COC(=O)/C(C#N)=C/c1ccc(N(C)C)cc1. The van der Waals surface area contributed by atoms with Gasteiger partial charge in [0.05, 0.1) is 0 Å². The Bertz CT molecular complexity index is 748.